The average molecular weight is 425 g/mol. The van der Waals surface area contributed by atoms with Crippen LogP contribution in [-0.2, 0) is 16.0 Å². The van der Waals surface area contributed by atoms with Crippen LogP contribution in [0.1, 0.15) is 24.5 Å². The monoisotopic (exact) mass is 425 g/mol. The highest BCUT2D eigenvalue weighted by atomic mass is 127. The van der Waals surface area contributed by atoms with Crippen LogP contribution in [-0.4, -0.2) is 23.9 Å². The van der Waals surface area contributed by atoms with Gasteiger partial charge in [0.25, 0.3) is 6.43 Å². The zero-order valence-corrected chi connectivity index (χ0v) is 12.7. The third-order valence-corrected chi connectivity index (χ3v) is 3.22. The minimum atomic E-state index is -5.05. The van der Waals surface area contributed by atoms with Gasteiger partial charge in [-0.15, -0.1) is 13.2 Å². The van der Waals surface area contributed by atoms with Crippen molar-refractivity contribution in [3.63, 3.8) is 0 Å². The van der Waals surface area contributed by atoms with E-state index in [9.17, 15) is 26.7 Å². The SMILES string of the molecule is CCOC(=O)Cc1cnc(OC(F)(F)F)c(I)c1C(F)F. The van der Waals surface area contributed by atoms with Gasteiger partial charge in [0.15, 0.2) is 0 Å². The number of esters is 1. The Labute approximate surface area is 129 Å². The van der Waals surface area contributed by atoms with E-state index in [4.69, 9.17) is 0 Å². The van der Waals surface area contributed by atoms with Gasteiger partial charge in [0.2, 0.25) is 5.88 Å². The van der Waals surface area contributed by atoms with E-state index in [0.717, 1.165) is 6.20 Å². The summed E-state index contributed by atoms with van der Waals surface area (Å²) in [6.45, 7) is 1.59. The number of pyridine rings is 1. The van der Waals surface area contributed by atoms with E-state index >= 15 is 0 Å². The fourth-order valence-corrected chi connectivity index (χ4v) is 2.28. The molecule has 0 saturated heterocycles. The van der Waals surface area contributed by atoms with Gasteiger partial charge in [-0.25, -0.2) is 13.8 Å². The molecule has 1 rings (SSSR count). The third-order valence-electron chi connectivity index (χ3n) is 2.18. The first-order valence-corrected chi connectivity index (χ1v) is 6.60. The lowest BCUT2D eigenvalue weighted by molar-refractivity contribution is -0.276. The molecule has 0 saturated carbocycles. The van der Waals surface area contributed by atoms with E-state index in [-0.39, 0.29) is 12.2 Å². The molecular weight excluding hydrogens is 416 g/mol. The quantitative estimate of drug-likeness (QED) is 0.411. The van der Waals surface area contributed by atoms with Crippen molar-refractivity contribution in [3.8, 4) is 5.88 Å². The number of rotatable bonds is 5. The molecule has 1 heterocycles. The van der Waals surface area contributed by atoms with Crippen LogP contribution in [0.3, 0.4) is 0 Å². The summed E-state index contributed by atoms with van der Waals surface area (Å²) < 4.78 is 70.1. The zero-order valence-electron chi connectivity index (χ0n) is 10.5. The van der Waals surface area contributed by atoms with Crippen LogP contribution in [0.25, 0.3) is 0 Å². The Morgan fingerprint density at radius 3 is 2.52 bits per heavy atom. The molecule has 21 heavy (non-hydrogen) atoms. The van der Waals surface area contributed by atoms with Crippen LogP contribution in [0.5, 0.6) is 5.88 Å². The topological polar surface area (TPSA) is 48.4 Å². The molecule has 0 aromatic carbocycles. The summed E-state index contributed by atoms with van der Waals surface area (Å²) in [7, 11) is 0. The zero-order chi connectivity index (χ0) is 16.2. The molecule has 4 nitrogen and oxygen atoms in total. The van der Waals surface area contributed by atoms with Gasteiger partial charge in [0, 0.05) is 11.8 Å². The maximum absolute atomic E-state index is 13.0. The molecule has 0 aliphatic carbocycles. The standard InChI is InChI=1S/C11H9F5INO3/c1-2-20-6(19)3-5-4-18-10(21-11(14,15)16)8(17)7(5)9(12)13/h4,9H,2-3H2,1H3. The second kappa shape index (κ2) is 7.18. The van der Waals surface area contributed by atoms with Crippen molar-refractivity contribution in [3.05, 3.63) is 20.9 Å². The van der Waals surface area contributed by atoms with Crippen molar-refractivity contribution in [1.29, 1.82) is 0 Å². The minimum absolute atomic E-state index is 0.0582. The first kappa shape index (κ1) is 17.9. The molecule has 0 N–H and O–H groups in total. The van der Waals surface area contributed by atoms with E-state index in [1.807, 2.05) is 0 Å². The predicted molar refractivity (Wildman–Crippen MR) is 68.9 cm³/mol. The second-order valence-corrected chi connectivity index (χ2v) is 4.73. The number of alkyl halides is 5. The van der Waals surface area contributed by atoms with Gasteiger partial charge in [-0.3, -0.25) is 4.79 Å². The van der Waals surface area contributed by atoms with E-state index in [0.29, 0.717) is 0 Å². The number of ether oxygens (including phenoxy) is 2. The lowest BCUT2D eigenvalue weighted by atomic mass is 10.1. The van der Waals surface area contributed by atoms with Crippen molar-refractivity contribution >= 4 is 28.6 Å². The van der Waals surface area contributed by atoms with Gasteiger partial charge in [-0.05, 0) is 35.1 Å². The van der Waals surface area contributed by atoms with Gasteiger partial charge in [-0.1, -0.05) is 0 Å². The Bertz CT molecular complexity index is 521. The number of hydrogen-bond acceptors (Lipinski definition) is 4. The maximum Gasteiger partial charge on any atom is 0.574 e. The van der Waals surface area contributed by atoms with E-state index < -0.39 is 40.2 Å². The van der Waals surface area contributed by atoms with Crippen LogP contribution in [0.2, 0.25) is 0 Å². The molecule has 1 aromatic rings. The fraction of sp³-hybridized carbons (Fsp3) is 0.455. The predicted octanol–water partition coefficient (Wildman–Crippen LogP) is 3.63. The molecule has 10 heteroatoms. The Morgan fingerprint density at radius 2 is 2.05 bits per heavy atom. The summed E-state index contributed by atoms with van der Waals surface area (Å²) in [4.78, 5) is 14.6. The summed E-state index contributed by atoms with van der Waals surface area (Å²) in [6.07, 6.45) is -7.89. The molecule has 0 radical (unpaired) electrons. The van der Waals surface area contributed by atoms with Gasteiger partial charge in [-0.2, -0.15) is 0 Å². The molecule has 118 valence electrons. The Hall–Kier alpha value is -1.20. The third kappa shape index (κ3) is 5.25. The van der Waals surface area contributed by atoms with E-state index in [1.165, 1.54) is 29.5 Å². The highest BCUT2D eigenvalue weighted by Crippen LogP contribution is 2.35. The highest BCUT2D eigenvalue weighted by molar-refractivity contribution is 14.1. The summed E-state index contributed by atoms with van der Waals surface area (Å²) in [6, 6.07) is 0. The number of nitrogens with zero attached hydrogens (tertiary/aromatic N) is 1. The Morgan fingerprint density at radius 1 is 1.43 bits per heavy atom. The summed E-state index contributed by atoms with van der Waals surface area (Å²) in [5.41, 5.74) is -0.930. The van der Waals surface area contributed by atoms with Crippen molar-refractivity contribution in [2.75, 3.05) is 6.61 Å². The molecule has 0 aliphatic rings. The van der Waals surface area contributed by atoms with Crippen molar-refractivity contribution in [2.45, 2.75) is 26.1 Å². The van der Waals surface area contributed by atoms with E-state index in [1.54, 1.807) is 0 Å². The lowest BCUT2D eigenvalue weighted by Gasteiger charge is -2.15. The molecule has 0 aliphatic heterocycles. The van der Waals surface area contributed by atoms with Crippen LogP contribution in [0, 0.1) is 3.57 Å². The molecular formula is C11H9F5INO3. The van der Waals surface area contributed by atoms with Crippen LogP contribution < -0.4 is 4.74 Å². The number of carbonyl (C=O) groups excluding carboxylic acids is 1. The van der Waals surface area contributed by atoms with Crippen LogP contribution >= 0.6 is 22.6 Å². The molecule has 0 bridgehead atoms. The largest absolute Gasteiger partial charge is 0.574 e. The lowest BCUT2D eigenvalue weighted by Crippen LogP contribution is -2.20. The first-order chi connectivity index (χ1) is 9.65. The van der Waals surface area contributed by atoms with Gasteiger partial charge >= 0.3 is 12.3 Å². The van der Waals surface area contributed by atoms with Crippen LogP contribution in [0.4, 0.5) is 22.0 Å². The number of aromatic nitrogens is 1. The van der Waals surface area contributed by atoms with E-state index in [2.05, 4.69) is 14.5 Å². The smallest absolute Gasteiger partial charge is 0.466 e. The van der Waals surface area contributed by atoms with Gasteiger partial charge in [0.05, 0.1) is 16.6 Å². The van der Waals surface area contributed by atoms with Crippen molar-refractivity contribution in [1.82, 2.24) is 4.98 Å². The minimum Gasteiger partial charge on any atom is -0.466 e. The Kier molecular flexibility index (Phi) is 6.10. The summed E-state index contributed by atoms with van der Waals surface area (Å²) >= 11 is 1.27. The van der Waals surface area contributed by atoms with Crippen molar-refractivity contribution in [2.24, 2.45) is 0 Å². The van der Waals surface area contributed by atoms with Crippen LogP contribution in [0.15, 0.2) is 6.20 Å². The van der Waals surface area contributed by atoms with Crippen molar-refractivity contribution < 1.29 is 36.2 Å². The van der Waals surface area contributed by atoms with Gasteiger partial charge < -0.3 is 9.47 Å². The summed E-state index contributed by atoms with van der Waals surface area (Å²) in [5.74, 6) is -1.76. The molecule has 1 aromatic heterocycles. The second-order valence-electron chi connectivity index (χ2n) is 3.65. The highest BCUT2D eigenvalue weighted by Gasteiger charge is 2.34. The maximum atomic E-state index is 13.0. The molecule has 0 spiro atoms. The first-order valence-electron chi connectivity index (χ1n) is 5.52. The number of hydrogen-bond donors (Lipinski definition) is 0. The normalized spacial score (nSPS) is 11.6. The molecule has 0 unspecified atom stereocenters. The summed E-state index contributed by atoms with van der Waals surface area (Å²) in [5, 5.41) is 0. The van der Waals surface area contributed by atoms with Gasteiger partial charge in [0.1, 0.15) is 0 Å². The fourth-order valence-electron chi connectivity index (χ4n) is 1.44. The molecule has 0 fully saturated rings. The Balaban J connectivity index is 3.17. The molecule has 0 atom stereocenters. The number of halogens is 6. The average Bonchev–Trinajstić information content (AvgIpc) is 2.31. The number of carbonyl (C=O) groups is 1. The molecule has 0 amide bonds.